The Labute approximate surface area is 309 Å². The molecule has 2 aromatic carbocycles. The van der Waals surface area contributed by atoms with Gasteiger partial charge in [-0.1, -0.05) is 88.1 Å². The summed E-state index contributed by atoms with van der Waals surface area (Å²) in [4.78, 5) is 5.71. The number of benzene rings is 2. The van der Waals surface area contributed by atoms with Gasteiger partial charge in [-0.15, -0.1) is 22.7 Å². The Bertz CT molecular complexity index is 1420. The molecule has 6 heteroatoms. The van der Waals surface area contributed by atoms with Crippen LogP contribution in [0.5, 0.6) is 0 Å². The molecule has 4 heterocycles. The molecule has 4 aromatic rings. The van der Waals surface area contributed by atoms with E-state index in [1.807, 2.05) is 22.7 Å². The van der Waals surface area contributed by atoms with Crippen molar-refractivity contribution >= 4 is 22.7 Å². The number of aryl methyl sites for hydroxylation is 2. The van der Waals surface area contributed by atoms with Crippen LogP contribution in [0.25, 0.3) is 32.0 Å². The summed E-state index contributed by atoms with van der Waals surface area (Å²) in [6.07, 6.45) is 14.5. The zero-order valence-corrected chi connectivity index (χ0v) is 32.2. The van der Waals surface area contributed by atoms with Gasteiger partial charge in [0.15, 0.2) is 0 Å². The highest BCUT2D eigenvalue weighted by molar-refractivity contribution is 7.15. The number of hydrogen-bond donors (Lipinski definition) is 0. The molecule has 0 N–H and O–H groups in total. The average molecular weight is 715 g/mol. The topological polar surface area (TPSA) is 36.9 Å². The summed E-state index contributed by atoms with van der Waals surface area (Å²) in [5.74, 6) is 0. The standard InChI is InChI=1S/C44H58O4S2/c1-3-43(31-47-32-43)29-45-27-11-7-5-9-13-39-23-25-41(49-39)37-19-15-35(16-20-37)36-17-21-38(22-18-36)42-26-24-40(50-42)14-10-6-8-12-28-46-30-44(4-2)33-48-34-44/h15-26H,3-14,27-34H2,1-2H3. The zero-order chi connectivity index (χ0) is 34.5. The SMILES string of the molecule is CCC1(COCCCCCCc2ccc(-c3ccc(-c4ccc(-c5ccc(CCCCCCOCC6(CC)COC6)s5)cc4)cc3)s2)COC1. The number of hydrogen-bond acceptors (Lipinski definition) is 6. The van der Waals surface area contributed by atoms with Gasteiger partial charge in [0.05, 0.1) is 39.6 Å². The summed E-state index contributed by atoms with van der Waals surface area (Å²) in [5, 5.41) is 0. The normalized spacial score (nSPS) is 16.3. The summed E-state index contributed by atoms with van der Waals surface area (Å²) in [6, 6.07) is 27.4. The molecule has 2 aliphatic rings. The summed E-state index contributed by atoms with van der Waals surface area (Å²) < 4.78 is 22.7. The molecule has 0 radical (unpaired) electrons. The number of thiophene rings is 2. The van der Waals surface area contributed by atoms with Crippen LogP contribution < -0.4 is 0 Å². The van der Waals surface area contributed by atoms with E-state index in [-0.39, 0.29) is 0 Å². The van der Waals surface area contributed by atoms with Crippen LogP contribution in [0.15, 0.2) is 72.8 Å². The first-order valence-electron chi connectivity index (χ1n) is 19.3. The second-order valence-electron chi connectivity index (χ2n) is 14.8. The van der Waals surface area contributed by atoms with Gasteiger partial charge in [0, 0.05) is 43.6 Å². The lowest BCUT2D eigenvalue weighted by atomic mass is 9.84. The van der Waals surface area contributed by atoms with Gasteiger partial charge >= 0.3 is 0 Å². The third kappa shape index (κ3) is 10.4. The Morgan fingerprint density at radius 3 is 1.22 bits per heavy atom. The quantitative estimate of drug-likeness (QED) is 0.0717. The minimum Gasteiger partial charge on any atom is -0.381 e. The van der Waals surface area contributed by atoms with E-state index in [9.17, 15) is 0 Å². The number of ether oxygens (including phenoxy) is 4. The largest absolute Gasteiger partial charge is 0.381 e. The molecule has 0 amide bonds. The monoisotopic (exact) mass is 714 g/mol. The Balaban J connectivity index is 0.862. The van der Waals surface area contributed by atoms with Crippen LogP contribution in [0.3, 0.4) is 0 Å². The molecule has 0 spiro atoms. The molecular weight excluding hydrogens is 657 g/mol. The van der Waals surface area contributed by atoms with Crippen molar-refractivity contribution in [1.29, 1.82) is 0 Å². The van der Waals surface area contributed by atoms with E-state index in [1.165, 1.54) is 93.1 Å². The Hall–Kier alpha value is -2.32. The lowest BCUT2D eigenvalue weighted by Gasteiger charge is -2.40. The molecule has 270 valence electrons. The predicted octanol–water partition coefficient (Wildman–Crippen LogP) is 11.9. The van der Waals surface area contributed by atoms with Gasteiger partial charge in [-0.2, -0.15) is 0 Å². The van der Waals surface area contributed by atoms with Crippen LogP contribution >= 0.6 is 22.7 Å². The first-order chi connectivity index (χ1) is 24.6. The first-order valence-corrected chi connectivity index (χ1v) is 20.9. The zero-order valence-electron chi connectivity index (χ0n) is 30.5. The third-order valence-corrected chi connectivity index (χ3v) is 13.3. The molecule has 0 aliphatic carbocycles. The Kier molecular flexibility index (Phi) is 14.2. The summed E-state index contributed by atoms with van der Waals surface area (Å²) in [6.45, 7) is 11.5. The highest BCUT2D eigenvalue weighted by atomic mass is 32.1. The summed E-state index contributed by atoms with van der Waals surface area (Å²) in [5.41, 5.74) is 5.77. The molecule has 6 rings (SSSR count). The Morgan fingerprint density at radius 1 is 0.480 bits per heavy atom. The fraction of sp³-hybridized carbons (Fsp3) is 0.545. The lowest BCUT2D eigenvalue weighted by molar-refractivity contribution is -0.150. The van der Waals surface area contributed by atoms with Crippen LogP contribution in [0.1, 0.15) is 87.8 Å². The molecule has 50 heavy (non-hydrogen) atoms. The number of unbranched alkanes of at least 4 members (excludes halogenated alkanes) is 6. The van der Waals surface area contributed by atoms with Crippen molar-refractivity contribution in [1.82, 2.24) is 0 Å². The lowest BCUT2D eigenvalue weighted by Crippen LogP contribution is -2.45. The molecule has 0 saturated carbocycles. The smallest absolute Gasteiger partial charge is 0.0566 e. The van der Waals surface area contributed by atoms with Crippen LogP contribution in [0, 0.1) is 10.8 Å². The van der Waals surface area contributed by atoms with Gasteiger partial charge in [-0.3, -0.25) is 0 Å². The fourth-order valence-electron chi connectivity index (χ4n) is 6.84. The van der Waals surface area contributed by atoms with Crippen molar-refractivity contribution in [2.75, 3.05) is 52.9 Å². The van der Waals surface area contributed by atoms with Crippen molar-refractivity contribution in [3.8, 4) is 32.0 Å². The van der Waals surface area contributed by atoms with Gasteiger partial charge in [0.25, 0.3) is 0 Å². The predicted molar refractivity (Wildman–Crippen MR) is 212 cm³/mol. The van der Waals surface area contributed by atoms with E-state index in [1.54, 1.807) is 0 Å². The molecule has 0 bridgehead atoms. The molecule has 2 aliphatic heterocycles. The third-order valence-electron chi connectivity index (χ3n) is 10.9. The highest BCUT2D eigenvalue weighted by Crippen LogP contribution is 2.35. The maximum absolute atomic E-state index is 5.96. The van der Waals surface area contributed by atoms with Crippen LogP contribution in [-0.4, -0.2) is 52.9 Å². The van der Waals surface area contributed by atoms with Crippen molar-refractivity contribution in [3.63, 3.8) is 0 Å². The molecule has 2 aromatic heterocycles. The molecular formula is C44H58O4S2. The van der Waals surface area contributed by atoms with Crippen molar-refractivity contribution in [2.45, 2.75) is 90.9 Å². The van der Waals surface area contributed by atoms with Gasteiger partial charge in [-0.25, -0.2) is 0 Å². The van der Waals surface area contributed by atoms with E-state index in [2.05, 4.69) is 86.6 Å². The fourth-order valence-corrected chi connectivity index (χ4v) is 8.95. The second-order valence-corrected chi connectivity index (χ2v) is 17.1. The van der Waals surface area contributed by atoms with Crippen LogP contribution in [0.2, 0.25) is 0 Å². The first kappa shape index (κ1) is 37.4. The summed E-state index contributed by atoms with van der Waals surface area (Å²) in [7, 11) is 0. The molecule has 0 atom stereocenters. The van der Waals surface area contributed by atoms with E-state index < -0.39 is 0 Å². The molecule has 0 unspecified atom stereocenters. The average Bonchev–Trinajstić information content (AvgIpc) is 3.80. The maximum Gasteiger partial charge on any atom is 0.0566 e. The van der Waals surface area contributed by atoms with Gasteiger partial charge in [-0.05, 0) is 97.9 Å². The number of rotatable bonds is 23. The summed E-state index contributed by atoms with van der Waals surface area (Å²) >= 11 is 3.89. The minimum absolute atomic E-state index is 0.305. The van der Waals surface area contributed by atoms with Gasteiger partial charge in [0.2, 0.25) is 0 Å². The molecule has 2 saturated heterocycles. The minimum atomic E-state index is 0.305. The van der Waals surface area contributed by atoms with E-state index >= 15 is 0 Å². The van der Waals surface area contributed by atoms with Crippen LogP contribution in [0.4, 0.5) is 0 Å². The Morgan fingerprint density at radius 2 is 0.860 bits per heavy atom. The van der Waals surface area contributed by atoms with E-state index in [0.29, 0.717) is 10.8 Å². The van der Waals surface area contributed by atoms with Crippen molar-refractivity contribution < 1.29 is 18.9 Å². The van der Waals surface area contributed by atoms with Gasteiger partial charge < -0.3 is 18.9 Å². The second kappa shape index (κ2) is 19.0. The van der Waals surface area contributed by atoms with E-state index in [4.69, 9.17) is 18.9 Å². The van der Waals surface area contributed by atoms with E-state index in [0.717, 1.165) is 78.5 Å². The van der Waals surface area contributed by atoms with Crippen LogP contribution in [-0.2, 0) is 31.8 Å². The maximum atomic E-state index is 5.96. The molecule has 2 fully saturated rings. The highest BCUT2D eigenvalue weighted by Gasteiger charge is 2.37. The van der Waals surface area contributed by atoms with Crippen molar-refractivity contribution in [3.05, 3.63) is 82.6 Å². The van der Waals surface area contributed by atoms with Gasteiger partial charge in [0.1, 0.15) is 0 Å². The molecule has 4 nitrogen and oxygen atoms in total. The van der Waals surface area contributed by atoms with Crippen molar-refractivity contribution in [2.24, 2.45) is 10.8 Å².